The number of hydrogen-bond donors (Lipinski definition) is 2. The van der Waals surface area contributed by atoms with Crippen LogP contribution in [0.3, 0.4) is 0 Å². The summed E-state index contributed by atoms with van der Waals surface area (Å²) in [5, 5.41) is 9.21. The summed E-state index contributed by atoms with van der Waals surface area (Å²) in [5.41, 5.74) is 0.0471. The standard InChI is InChI=1S/C17H17ClFN3O4/c18-12-7-10(19)4-5-15(12)25-9-11-8-14(22-26-11)17(24)21-13-3-1-2-6-20-16(13)23/h4-5,7-8,13H,1-3,6,9H2,(H,20,23)(H,21,24)/t13-/m0/s1. The van der Waals surface area contributed by atoms with Gasteiger partial charge in [0, 0.05) is 12.6 Å². The average molecular weight is 382 g/mol. The predicted molar refractivity (Wildman–Crippen MR) is 90.4 cm³/mol. The van der Waals surface area contributed by atoms with E-state index in [1.54, 1.807) is 0 Å². The lowest BCUT2D eigenvalue weighted by atomic mass is 10.1. The summed E-state index contributed by atoms with van der Waals surface area (Å²) in [5.74, 6) is -0.592. The molecule has 0 saturated carbocycles. The topological polar surface area (TPSA) is 93.5 Å². The SMILES string of the molecule is O=C(N[C@H]1CCCCNC1=O)c1cc(COc2ccc(F)cc2Cl)on1. The van der Waals surface area contributed by atoms with Gasteiger partial charge >= 0.3 is 0 Å². The van der Waals surface area contributed by atoms with Crippen LogP contribution in [-0.4, -0.2) is 29.6 Å². The molecular formula is C17H17ClFN3O4. The van der Waals surface area contributed by atoms with Gasteiger partial charge in [-0.1, -0.05) is 16.8 Å². The van der Waals surface area contributed by atoms with Crippen LogP contribution in [0.4, 0.5) is 4.39 Å². The van der Waals surface area contributed by atoms with Gasteiger partial charge in [0.05, 0.1) is 5.02 Å². The molecule has 1 fully saturated rings. The van der Waals surface area contributed by atoms with Crippen LogP contribution < -0.4 is 15.4 Å². The largest absolute Gasteiger partial charge is 0.484 e. The number of aromatic nitrogens is 1. The summed E-state index contributed by atoms with van der Waals surface area (Å²) in [6, 6.07) is 4.58. The number of nitrogens with one attached hydrogen (secondary N) is 2. The van der Waals surface area contributed by atoms with Crippen molar-refractivity contribution in [1.82, 2.24) is 15.8 Å². The molecule has 1 aromatic carbocycles. The first-order valence-electron chi connectivity index (χ1n) is 8.15. The molecule has 2 amide bonds. The molecule has 0 radical (unpaired) electrons. The molecule has 138 valence electrons. The highest BCUT2D eigenvalue weighted by molar-refractivity contribution is 6.32. The van der Waals surface area contributed by atoms with E-state index >= 15 is 0 Å². The Balaban J connectivity index is 1.58. The maximum absolute atomic E-state index is 13.0. The van der Waals surface area contributed by atoms with Gasteiger partial charge in [0.2, 0.25) is 5.91 Å². The molecule has 26 heavy (non-hydrogen) atoms. The van der Waals surface area contributed by atoms with Gasteiger partial charge in [0.25, 0.3) is 5.91 Å². The van der Waals surface area contributed by atoms with Crippen LogP contribution >= 0.6 is 11.6 Å². The van der Waals surface area contributed by atoms with Gasteiger partial charge in [-0.2, -0.15) is 0 Å². The summed E-state index contributed by atoms with van der Waals surface area (Å²) in [4.78, 5) is 24.1. The fraction of sp³-hybridized carbons (Fsp3) is 0.353. The zero-order valence-electron chi connectivity index (χ0n) is 13.8. The third-order valence-electron chi connectivity index (χ3n) is 3.90. The molecule has 2 heterocycles. The van der Waals surface area contributed by atoms with E-state index in [0.29, 0.717) is 18.7 Å². The summed E-state index contributed by atoms with van der Waals surface area (Å²) in [7, 11) is 0. The Labute approximate surface area is 153 Å². The second kappa shape index (κ2) is 8.18. The molecule has 0 bridgehead atoms. The first kappa shape index (κ1) is 18.2. The van der Waals surface area contributed by atoms with Crippen molar-refractivity contribution in [1.29, 1.82) is 0 Å². The second-order valence-corrected chi connectivity index (χ2v) is 6.26. The van der Waals surface area contributed by atoms with Crippen molar-refractivity contribution in [3.8, 4) is 5.75 Å². The fourth-order valence-corrected chi connectivity index (χ4v) is 2.76. The van der Waals surface area contributed by atoms with Crippen molar-refractivity contribution in [2.45, 2.75) is 31.9 Å². The Kier molecular flexibility index (Phi) is 5.72. The van der Waals surface area contributed by atoms with Gasteiger partial charge in [0.1, 0.15) is 24.2 Å². The van der Waals surface area contributed by atoms with Crippen LogP contribution in [-0.2, 0) is 11.4 Å². The van der Waals surface area contributed by atoms with Crippen LogP contribution in [0.15, 0.2) is 28.8 Å². The Hall–Kier alpha value is -2.61. The Morgan fingerprint density at radius 2 is 2.27 bits per heavy atom. The highest BCUT2D eigenvalue weighted by Gasteiger charge is 2.24. The maximum Gasteiger partial charge on any atom is 0.274 e. The monoisotopic (exact) mass is 381 g/mol. The number of benzene rings is 1. The molecular weight excluding hydrogens is 365 g/mol. The highest BCUT2D eigenvalue weighted by Crippen LogP contribution is 2.25. The van der Waals surface area contributed by atoms with E-state index in [9.17, 15) is 14.0 Å². The molecule has 1 aliphatic heterocycles. The van der Waals surface area contributed by atoms with Crippen molar-refractivity contribution in [3.05, 3.63) is 46.6 Å². The first-order chi connectivity index (χ1) is 12.5. The lowest BCUT2D eigenvalue weighted by Gasteiger charge is -2.13. The lowest BCUT2D eigenvalue weighted by Crippen LogP contribution is -2.45. The number of carbonyl (C=O) groups excluding carboxylic acids is 2. The van der Waals surface area contributed by atoms with E-state index in [1.807, 2.05) is 0 Å². The third kappa shape index (κ3) is 4.51. The van der Waals surface area contributed by atoms with E-state index in [2.05, 4.69) is 15.8 Å². The first-order valence-corrected chi connectivity index (χ1v) is 8.53. The van der Waals surface area contributed by atoms with Crippen LogP contribution in [0, 0.1) is 5.82 Å². The quantitative estimate of drug-likeness (QED) is 0.829. The minimum Gasteiger partial charge on any atom is -0.484 e. The molecule has 0 aliphatic carbocycles. The Morgan fingerprint density at radius 1 is 1.42 bits per heavy atom. The molecule has 9 heteroatoms. The van der Waals surface area contributed by atoms with Crippen molar-refractivity contribution in [3.63, 3.8) is 0 Å². The molecule has 7 nitrogen and oxygen atoms in total. The zero-order valence-corrected chi connectivity index (χ0v) is 14.5. The van der Waals surface area contributed by atoms with Crippen LogP contribution in [0.5, 0.6) is 5.75 Å². The fourth-order valence-electron chi connectivity index (χ4n) is 2.54. The molecule has 0 unspecified atom stereocenters. The van der Waals surface area contributed by atoms with Crippen molar-refractivity contribution in [2.24, 2.45) is 0 Å². The average Bonchev–Trinajstić information content (AvgIpc) is 2.99. The predicted octanol–water partition coefficient (Wildman–Crippen LogP) is 2.44. The Morgan fingerprint density at radius 3 is 3.08 bits per heavy atom. The van der Waals surface area contributed by atoms with E-state index in [0.717, 1.165) is 18.9 Å². The number of amides is 2. The molecule has 0 spiro atoms. The van der Waals surface area contributed by atoms with Crippen molar-refractivity contribution in [2.75, 3.05) is 6.54 Å². The van der Waals surface area contributed by atoms with Gasteiger partial charge in [-0.25, -0.2) is 4.39 Å². The van der Waals surface area contributed by atoms with Crippen molar-refractivity contribution < 1.29 is 23.2 Å². The highest BCUT2D eigenvalue weighted by atomic mass is 35.5. The number of carbonyl (C=O) groups is 2. The lowest BCUT2D eigenvalue weighted by molar-refractivity contribution is -0.122. The number of halogens is 2. The molecule has 1 aromatic heterocycles. The van der Waals surface area contributed by atoms with E-state index < -0.39 is 17.8 Å². The Bertz CT molecular complexity index is 811. The summed E-state index contributed by atoms with van der Waals surface area (Å²) in [6.45, 7) is 0.581. The molecule has 2 aromatic rings. The molecule has 2 N–H and O–H groups in total. The minimum atomic E-state index is -0.584. The summed E-state index contributed by atoms with van der Waals surface area (Å²) >= 11 is 5.87. The maximum atomic E-state index is 13.0. The minimum absolute atomic E-state index is 0.0322. The molecule has 1 atom stereocenters. The van der Waals surface area contributed by atoms with E-state index in [1.165, 1.54) is 18.2 Å². The van der Waals surface area contributed by atoms with Gasteiger partial charge in [0.15, 0.2) is 11.5 Å². The molecule has 1 saturated heterocycles. The van der Waals surface area contributed by atoms with Gasteiger partial charge in [-0.05, 0) is 37.5 Å². The number of nitrogens with zero attached hydrogens (tertiary/aromatic N) is 1. The second-order valence-electron chi connectivity index (χ2n) is 5.85. The molecule has 1 aliphatic rings. The molecule has 3 rings (SSSR count). The number of rotatable bonds is 5. The van der Waals surface area contributed by atoms with Crippen LogP contribution in [0.1, 0.15) is 35.5 Å². The van der Waals surface area contributed by atoms with Crippen LogP contribution in [0.2, 0.25) is 5.02 Å². The summed E-state index contributed by atoms with van der Waals surface area (Å²) < 4.78 is 23.5. The van der Waals surface area contributed by atoms with Crippen molar-refractivity contribution >= 4 is 23.4 Å². The van der Waals surface area contributed by atoms with E-state index in [-0.39, 0.29) is 29.0 Å². The zero-order chi connectivity index (χ0) is 18.5. The smallest absolute Gasteiger partial charge is 0.274 e. The van der Waals surface area contributed by atoms with E-state index in [4.69, 9.17) is 20.9 Å². The third-order valence-corrected chi connectivity index (χ3v) is 4.19. The summed E-state index contributed by atoms with van der Waals surface area (Å²) in [6.07, 6.45) is 2.31. The van der Waals surface area contributed by atoms with Gasteiger partial charge < -0.3 is 19.9 Å². The number of hydrogen-bond acceptors (Lipinski definition) is 5. The number of ether oxygens (including phenoxy) is 1. The van der Waals surface area contributed by atoms with Gasteiger partial charge in [-0.3, -0.25) is 9.59 Å². The van der Waals surface area contributed by atoms with Gasteiger partial charge in [-0.15, -0.1) is 0 Å². The van der Waals surface area contributed by atoms with Crippen LogP contribution in [0.25, 0.3) is 0 Å². The normalized spacial score (nSPS) is 17.3.